The van der Waals surface area contributed by atoms with Gasteiger partial charge in [-0.15, -0.1) is 0 Å². The van der Waals surface area contributed by atoms with Crippen molar-refractivity contribution in [3.63, 3.8) is 0 Å². The van der Waals surface area contributed by atoms with E-state index in [0.717, 1.165) is 36.3 Å². The van der Waals surface area contributed by atoms with Crippen molar-refractivity contribution in [1.29, 1.82) is 0 Å². The fourth-order valence-electron chi connectivity index (χ4n) is 2.31. The zero-order chi connectivity index (χ0) is 9.80. The Hall–Kier alpha value is 0.270. The number of ether oxygens (including phenoxy) is 1. The number of nitrogens with one attached hydrogen (secondary N) is 1. The Morgan fingerprint density at radius 1 is 1.29 bits per heavy atom. The maximum atomic E-state index is 5.21. The molecule has 1 aliphatic carbocycles. The van der Waals surface area contributed by atoms with Gasteiger partial charge in [0.2, 0.25) is 0 Å². The second kappa shape index (κ2) is 5.38. The summed E-state index contributed by atoms with van der Waals surface area (Å²) < 4.78 is 5.21. The summed E-state index contributed by atoms with van der Waals surface area (Å²) in [4.78, 5) is 0. The molecule has 2 aliphatic rings. The zero-order valence-corrected chi connectivity index (χ0v) is 9.81. The third-order valence-electron chi connectivity index (χ3n) is 3.11. The van der Waals surface area contributed by atoms with Crippen LogP contribution in [0.4, 0.5) is 0 Å². The van der Waals surface area contributed by atoms with Gasteiger partial charge in [-0.2, -0.15) is 11.8 Å². The van der Waals surface area contributed by atoms with Crippen LogP contribution < -0.4 is 5.32 Å². The Labute approximate surface area is 91.2 Å². The molecule has 0 spiro atoms. The first-order valence-electron chi connectivity index (χ1n) is 5.85. The fourth-order valence-corrected chi connectivity index (χ4v) is 3.85. The van der Waals surface area contributed by atoms with Crippen LogP contribution in [0.1, 0.15) is 32.6 Å². The lowest BCUT2D eigenvalue weighted by Gasteiger charge is -2.34. The lowest BCUT2D eigenvalue weighted by Crippen LogP contribution is -2.38. The molecule has 0 aromatic rings. The Balaban J connectivity index is 1.69. The van der Waals surface area contributed by atoms with Gasteiger partial charge < -0.3 is 10.1 Å². The van der Waals surface area contributed by atoms with Gasteiger partial charge in [0, 0.05) is 11.3 Å². The number of hydrogen-bond donors (Lipinski definition) is 1. The quantitative estimate of drug-likeness (QED) is 0.775. The van der Waals surface area contributed by atoms with Gasteiger partial charge in [0.05, 0.1) is 18.5 Å². The van der Waals surface area contributed by atoms with Gasteiger partial charge in [-0.1, -0.05) is 13.3 Å². The van der Waals surface area contributed by atoms with Gasteiger partial charge in [-0.05, 0) is 25.8 Å². The molecule has 1 saturated carbocycles. The van der Waals surface area contributed by atoms with Crippen LogP contribution in [0.2, 0.25) is 0 Å². The van der Waals surface area contributed by atoms with E-state index in [1.807, 2.05) is 0 Å². The molecule has 2 rings (SSSR count). The molecule has 0 radical (unpaired) electrons. The topological polar surface area (TPSA) is 21.3 Å². The van der Waals surface area contributed by atoms with E-state index < -0.39 is 0 Å². The van der Waals surface area contributed by atoms with Crippen molar-refractivity contribution in [2.24, 2.45) is 0 Å². The Kier molecular flexibility index (Phi) is 4.14. The Morgan fingerprint density at radius 2 is 2.14 bits per heavy atom. The molecule has 82 valence electrons. The highest BCUT2D eigenvalue weighted by Crippen LogP contribution is 2.33. The average Bonchev–Trinajstić information content (AvgIpc) is 2.13. The van der Waals surface area contributed by atoms with E-state index >= 15 is 0 Å². The smallest absolute Gasteiger partial charge is 0.0608 e. The SMILES string of the molecule is CCNC1CCCC(SC2COC2)C1. The van der Waals surface area contributed by atoms with E-state index in [4.69, 9.17) is 4.74 Å². The van der Waals surface area contributed by atoms with E-state index in [-0.39, 0.29) is 0 Å². The van der Waals surface area contributed by atoms with Gasteiger partial charge in [-0.25, -0.2) is 0 Å². The zero-order valence-electron chi connectivity index (χ0n) is 9.00. The molecular formula is C11H21NOS. The molecule has 1 saturated heterocycles. The van der Waals surface area contributed by atoms with Crippen LogP contribution in [0.25, 0.3) is 0 Å². The fraction of sp³-hybridized carbons (Fsp3) is 1.00. The van der Waals surface area contributed by atoms with E-state index in [9.17, 15) is 0 Å². The molecule has 1 N–H and O–H groups in total. The molecule has 0 aromatic heterocycles. The van der Waals surface area contributed by atoms with Crippen molar-refractivity contribution in [3.05, 3.63) is 0 Å². The number of rotatable bonds is 4. The normalized spacial score (nSPS) is 34.1. The van der Waals surface area contributed by atoms with Crippen molar-refractivity contribution < 1.29 is 4.74 Å². The third-order valence-corrected chi connectivity index (χ3v) is 4.58. The largest absolute Gasteiger partial charge is 0.379 e. The molecule has 2 atom stereocenters. The molecule has 0 amide bonds. The van der Waals surface area contributed by atoms with Crippen LogP contribution in [-0.4, -0.2) is 36.3 Å². The van der Waals surface area contributed by atoms with Crippen LogP contribution in [0.5, 0.6) is 0 Å². The minimum atomic E-state index is 0.784. The van der Waals surface area contributed by atoms with Gasteiger partial charge in [-0.3, -0.25) is 0 Å². The highest BCUT2D eigenvalue weighted by Gasteiger charge is 2.27. The molecule has 3 heteroatoms. The third kappa shape index (κ3) is 2.88. The molecule has 2 unspecified atom stereocenters. The summed E-state index contributed by atoms with van der Waals surface area (Å²) in [5, 5.41) is 5.28. The molecule has 0 bridgehead atoms. The van der Waals surface area contributed by atoms with Gasteiger partial charge in [0.15, 0.2) is 0 Å². The predicted molar refractivity (Wildman–Crippen MR) is 61.9 cm³/mol. The number of hydrogen-bond acceptors (Lipinski definition) is 3. The molecule has 0 aromatic carbocycles. The van der Waals surface area contributed by atoms with Gasteiger partial charge >= 0.3 is 0 Å². The molecule has 14 heavy (non-hydrogen) atoms. The van der Waals surface area contributed by atoms with Crippen LogP contribution in [0.3, 0.4) is 0 Å². The van der Waals surface area contributed by atoms with E-state index in [1.54, 1.807) is 0 Å². The molecular weight excluding hydrogens is 194 g/mol. The summed E-state index contributed by atoms with van der Waals surface area (Å²) in [5.74, 6) is 0. The average molecular weight is 215 g/mol. The maximum absolute atomic E-state index is 5.21. The summed E-state index contributed by atoms with van der Waals surface area (Å²) in [6, 6.07) is 0.784. The predicted octanol–water partition coefficient (Wildman–Crippen LogP) is 2.04. The highest BCUT2D eigenvalue weighted by molar-refractivity contribution is 8.00. The summed E-state index contributed by atoms with van der Waals surface area (Å²) in [6.07, 6.45) is 5.58. The second-order valence-electron chi connectivity index (χ2n) is 4.34. The van der Waals surface area contributed by atoms with Crippen molar-refractivity contribution in [3.8, 4) is 0 Å². The molecule has 2 nitrogen and oxygen atoms in total. The summed E-state index contributed by atoms with van der Waals surface area (Å²) >= 11 is 2.17. The Morgan fingerprint density at radius 3 is 2.79 bits per heavy atom. The van der Waals surface area contributed by atoms with E-state index in [1.165, 1.54) is 25.7 Å². The van der Waals surface area contributed by atoms with Crippen LogP contribution in [0.15, 0.2) is 0 Å². The maximum Gasteiger partial charge on any atom is 0.0608 e. The minimum absolute atomic E-state index is 0.784. The minimum Gasteiger partial charge on any atom is -0.379 e. The summed E-state index contributed by atoms with van der Waals surface area (Å²) in [7, 11) is 0. The number of thioether (sulfide) groups is 1. The molecule has 1 heterocycles. The first-order valence-corrected chi connectivity index (χ1v) is 6.79. The van der Waals surface area contributed by atoms with Gasteiger partial charge in [0.25, 0.3) is 0 Å². The lowest BCUT2D eigenvalue weighted by atomic mass is 9.95. The van der Waals surface area contributed by atoms with Crippen molar-refractivity contribution >= 4 is 11.8 Å². The molecule has 2 fully saturated rings. The van der Waals surface area contributed by atoms with Crippen LogP contribution >= 0.6 is 11.8 Å². The second-order valence-corrected chi connectivity index (χ2v) is 5.94. The first kappa shape index (κ1) is 10.8. The monoisotopic (exact) mass is 215 g/mol. The molecule has 1 aliphatic heterocycles. The van der Waals surface area contributed by atoms with E-state index in [0.29, 0.717) is 0 Å². The highest BCUT2D eigenvalue weighted by atomic mass is 32.2. The van der Waals surface area contributed by atoms with Crippen LogP contribution in [0, 0.1) is 0 Å². The van der Waals surface area contributed by atoms with Crippen molar-refractivity contribution in [2.45, 2.75) is 49.1 Å². The van der Waals surface area contributed by atoms with Crippen molar-refractivity contribution in [2.75, 3.05) is 19.8 Å². The summed E-state index contributed by atoms with van der Waals surface area (Å²) in [5.41, 5.74) is 0. The standard InChI is InChI=1S/C11H21NOS/c1-2-12-9-4-3-5-10(6-9)14-11-7-13-8-11/h9-12H,2-8H2,1H3. The first-order chi connectivity index (χ1) is 6.88. The summed E-state index contributed by atoms with van der Waals surface area (Å²) in [6.45, 7) is 5.31. The van der Waals surface area contributed by atoms with E-state index in [2.05, 4.69) is 24.0 Å². The Bertz CT molecular complexity index is 171. The lowest BCUT2D eigenvalue weighted by molar-refractivity contribution is 0.0451. The van der Waals surface area contributed by atoms with Crippen molar-refractivity contribution in [1.82, 2.24) is 5.32 Å². The van der Waals surface area contributed by atoms with Gasteiger partial charge in [0.1, 0.15) is 0 Å². The van der Waals surface area contributed by atoms with Crippen LogP contribution in [-0.2, 0) is 4.74 Å².